The van der Waals surface area contributed by atoms with E-state index in [0.717, 1.165) is 12.8 Å². The largest absolute Gasteiger partial charge is 0.390 e. The van der Waals surface area contributed by atoms with E-state index in [2.05, 4.69) is 5.32 Å². The lowest BCUT2D eigenvalue weighted by atomic mass is 9.84. The molecule has 1 N–H and O–H groups in total. The maximum atomic E-state index is 11.9. The minimum Gasteiger partial charge on any atom is -0.316 e. The zero-order chi connectivity index (χ0) is 11.9. The van der Waals surface area contributed by atoms with E-state index in [1.54, 1.807) is 0 Å². The van der Waals surface area contributed by atoms with E-state index in [9.17, 15) is 13.2 Å². The van der Waals surface area contributed by atoms with Crippen molar-refractivity contribution in [3.05, 3.63) is 0 Å². The highest BCUT2D eigenvalue weighted by atomic mass is 35.5. The third kappa shape index (κ3) is 6.25. The Morgan fingerprint density at radius 2 is 1.67 bits per heavy atom. The second-order valence-corrected chi connectivity index (χ2v) is 4.15. The molecule has 0 radical (unpaired) electrons. The van der Waals surface area contributed by atoms with Crippen LogP contribution in [0.2, 0.25) is 0 Å². The molecule has 0 saturated carbocycles. The van der Waals surface area contributed by atoms with Gasteiger partial charge in [-0.2, -0.15) is 13.2 Å². The quantitative estimate of drug-likeness (QED) is 0.534. The number of hydrogen-bond donors (Lipinski definition) is 1. The maximum Gasteiger partial charge on any atom is 0.390 e. The van der Waals surface area contributed by atoms with Crippen LogP contribution in [0.15, 0.2) is 0 Å². The molecule has 0 unspecified atom stereocenters. The summed E-state index contributed by atoms with van der Waals surface area (Å²) in [5.41, 5.74) is -0.0623. The zero-order valence-corrected chi connectivity index (χ0v) is 10.0. The number of alkyl halides is 4. The van der Waals surface area contributed by atoms with Crippen LogP contribution in [0.3, 0.4) is 0 Å². The highest BCUT2D eigenvalue weighted by Gasteiger charge is 2.28. The van der Waals surface area contributed by atoms with Gasteiger partial charge in [-0.1, -0.05) is 13.8 Å². The van der Waals surface area contributed by atoms with Crippen LogP contribution in [0.1, 0.15) is 33.1 Å². The van der Waals surface area contributed by atoms with Crippen LogP contribution >= 0.6 is 11.6 Å². The molecule has 0 rings (SSSR count). The van der Waals surface area contributed by atoms with Gasteiger partial charge in [0, 0.05) is 19.0 Å². The molecule has 0 aliphatic heterocycles. The van der Waals surface area contributed by atoms with Gasteiger partial charge >= 0.3 is 6.18 Å². The molecule has 5 heteroatoms. The monoisotopic (exact) mass is 245 g/mol. The van der Waals surface area contributed by atoms with Crippen molar-refractivity contribution >= 4 is 11.6 Å². The molecule has 0 aromatic heterocycles. The van der Waals surface area contributed by atoms with Crippen LogP contribution in [0.4, 0.5) is 13.2 Å². The van der Waals surface area contributed by atoms with Gasteiger partial charge in [-0.3, -0.25) is 0 Å². The SMILES string of the molecule is CCC(CC)(CCl)CNCCC(F)(F)F. The van der Waals surface area contributed by atoms with Crippen molar-refractivity contribution < 1.29 is 13.2 Å². The first-order valence-electron chi connectivity index (χ1n) is 5.22. The average molecular weight is 246 g/mol. The van der Waals surface area contributed by atoms with Gasteiger partial charge in [-0.15, -0.1) is 11.6 Å². The summed E-state index contributed by atoms with van der Waals surface area (Å²) in [5, 5.41) is 2.83. The van der Waals surface area contributed by atoms with E-state index < -0.39 is 12.6 Å². The van der Waals surface area contributed by atoms with Gasteiger partial charge in [0.2, 0.25) is 0 Å². The van der Waals surface area contributed by atoms with E-state index in [-0.39, 0.29) is 12.0 Å². The molecule has 0 atom stereocenters. The number of halogens is 4. The normalized spacial score (nSPS) is 13.2. The Kier molecular flexibility index (Phi) is 6.60. The van der Waals surface area contributed by atoms with Crippen molar-refractivity contribution in [2.45, 2.75) is 39.3 Å². The number of rotatable bonds is 7. The van der Waals surface area contributed by atoms with Crippen molar-refractivity contribution in [1.82, 2.24) is 5.32 Å². The lowest BCUT2D eigenvalue weighted by Gasteiger charge is -2.29. The first-order valence-corrected chi connectivity index (χ1v) is 5.76. The van der Waals surface area contributed by atoms with Crippen molar-refractivity contribution in [3.63, 3.8) is 0 Å². The van der Waals surface area contributed by atoms with Crippen molar-refractivity contribution in [1.29, 1.82) is 0 Å². The first-order chi connectivity index (χ1) is 6.89. The average Bonchev–Trinajstić information content (AvgIpc) is 2.18. The minimum atomic E-state index is -4.07. The Morgan fingerprint density at radius 1 is 1.13 bits per heavy atom. The molecule has 92 valence electrons. The molecule has 0 fully saturated rings. The maximum absolute atomic E-state index is 11.9. The third-order valence-electron chi connectivity index (χ3n) is 2.87. The van der Waals surface area contributed by atoms with Crippen LogP contribution in [-0.2, 0) is 0 Å². The fraction of sp³-hybridized carbons (Fsp3) is 1.00. The van der Waals surface area contributed by atoms with Crippen LogP contribution in [0.25, 0.3) is 0 Å². The molecule has 0 saturated heterocycles. The molecule has 1 nitrogen and oxygen atoms in total. The zero-order valence-electron chi connectivity index (χ0n) is 9.25. The van der Waals surface area contributed by atoms with Gasteiger partial charge in [0.15, 0.2) is 0 Å². The van der Waals surface area contributed by atoms with Gasteiger partial charge in [0.1, 0.15) is 0 Å². The highest BCUT2D eigenvalue weighted by molar-refractivity contribution is 6.18. The fourth-order valence-electron chi connectivity index (χ4n) is 1.32. The molecule has 0 heterocycles. The summed E-state index contributed by atoms with van der Waals surface area (Å²) in [6, 6.07) is 0. The number of nitrogens with one attached hydrogen (secondary N) is 1. The summed E-state index contributed by atoms with van der Waals surface area (Å²) >= 11 is 5.83. The molecule has 15 heavy (non-hydrogen) atoms. The van der Waals surface area contributed by atoms with Gasteiger partial charge in [0.05, 0.1) is 6.42 Å². The second kappa shape index (κ2) is 6.59. The van der Waals surface area contributed by atoms with E-state index in [4.69, 9.17) is 11.6 Å². The summed E-state index contributed by atoms with van der Waals surface area (Å²) < 4.78 is 35.6. The molecule has 0 aromatic rings. The Hall–Kier alpha value is 0.0400. The molecular formula is C10H19ClF3N. The Labute approximate surface area is 94.4 Å². The smallest absolute Gasteiger partial charge is 0.316 e. The Morgan fingerprint density at radius 3 is 2.00 bits per heavy atom. The first kappa shape index (κ1) is 15.0. The summed E-state index contributed by atoms with van der Waals surface area (Å²) in [4.78, 5) is 0. The predicted molar refractivity (Wildman–Crippen MR) is 57.3 cm³/mol. The van der Waals surface area contributed by atoms with E-state index in [1.165, 1.54) is 0 Å². The molecule has 0 aromatic carbocycles. The summed E-state index contributed by atoms with van der Waals surface area (Å²) in [7, 11) is 0. The summed E-state index contributed by atoms with van der Waals surface area (Å²) in [6.07, 6.45) is -3.09. The minimum absolute atomic E-state index is 0.0257. The molecule has 0 amide bonds. The predicted octanol–water partition coefficient (Wildman–Crippen LogP) is 3.57. The van der Waals surface area contributed by atoms with Gasteiger partial charge in [-0.05, 0) is 18.3 Å². The van der Waals surface area contributed by atoms with E-state index in [1.807, 2.05) is 13.8 Å². The van der Waals surface area contributed by atoms with Crippen LogP contribution in [0.5, 0.6) is 0 Å². The van der Waals surface area contributed by atoms with E-state index >= 15 is 0 Å². The van der Waals surface area contributed by atoms with Crippen LogP contribution in [0, 0.1) is 5.41 Å². The lowest BCUT2D eigenvalue weighted by molar-refractivity contribution is -0.133. The molecule has 0 aliphatic carbocycles. The van der Waals surface area contributed by atoms with Crippen LogP contribution < -0.4 is 5.32 Å². The van der Waals surface area contributed by atoms with Gasteiger partial charge in [0.25, 0.3) is 0 Å². The van der Waals surface area contributed by atoms with Crippen LogP contribution in [-0.4, -0.2) is 25.1 Å². The van der Waals surface area contributed by atoms with Gasteiger partial charge < -0.3 is 5.32 Å². The summed E-state index contributed by atoms with van der Waals surface area (Å²) in [6.45, 7) is 4.55. The second-order valence-electron chi connectivity index (χ2n) is 3.88. The lowest BCUT2D eigenvalue weighted by Crippen LogP contribution is -2.36. The van der Waals surface area contributed by atoms with Crippen molar-refractivity contribution in [2.24, 2.45) is 5.41 Å². The van der Waals surface area contributed by atoms with Crippen molar-refractivity contribution in [3.8, 4) is 0 Å². The standard InChI is InChI=1S/C10H19ClF3N/c1-3-9(4-2,7-11)8-15-6-5-10(12,13)14/h15H,3-8H2,1-2H3. The van der Waals surface area contributed by atoms with Gasteiger partial charge in [-0.25, -0.2) is 0 Å². The Balaban J connectivity index is 3.82. The highest BCUT2D eigenvalue weighted by Crippen LogP contribution is 2.27. The summed E-state index contributed by atoms with van der Waals surface area (Å²) in [5.74, 6) is 0.485. The van der Waals surface area contributed by atoms with Crippen molar-refractivity contribution in [2.75, 3.05) is 19.0 Å². The molecule has 0 aliphatic rings. The van der Waals surface area contributed by atoms with E-state index in [0.29, 0.717) is 12.4 Å². The Bertz CT molecular complexity index is 158. The molecule has 0 bridgehead atoms. The molecular weight excluding hydrogens is 227 g/mol. The molecule has 0 spiro atoms. The third-order valence-corrected chi connectivity index (χ3v) is 3.44. The topological polar surface area (TPSA) is 12.0 Å². The fourth-order valence-corrected chi connectivity index (χ4v) is 1.79. The number of hydrogen-bond acceptors (Lipinski definition) is 1.